The summed E-state index contributed by atoms with van der Waals surface area (Å²) in [4.78, 5) is 26.8. The molecule has 1 saturated heterocycles. The number of hydrogen-bond donors (Lipinski definition) is 2. The van der Waals surface area contributed by atoms with Gasteiger partial charge in [-0.05, 0) is 42.0 Å². The molecule has 3 N–H and O–H groups in total. The number of piperazine rings is 1. The number of rotatable bonds is 7. The molecule has 8 nitrogen and oxygen atoms in total. The highest BCUT2D eigenvalue weighted by Crippen LogP contribution is 2.19. The van der Waals surface area contributed by atoms with Crippen LogP contribution in [0.5, 0.6) is 0 Å². The monoisotopic (exact) mass is 478 g/mol. The van der Waals surface area contributed by atoms with Crippen LogP contribution in [-0.4, -0.2) is 55.6 Å². The zero-order chi connectivity index (χ0) is 24.1. The first kappa shape index (κ1) is 23.6. The first-order valence-corrected chi connectivity index (χ1v) is 12.4. The van der Waals surface area contributed by atoms with Gasteiger partial charge in [0.1, 0.15) is 0 Å². The van der Waals surface area contributed by atoms with Crippen LogP contribution >= 0.6 is 0 Å². The Morgan fingerprint density at radius 2 is 1.53 bits per heavy atom. The Morgan fingerprint density at radius 1 is 0.853 bits per heavy atom. The third-order valence-electron chi connectivity index (χ3n) is 5.75. The third-order valence-corrected chi connectivity index (χ3v) is 7.66. The zero-order valence-corrected chi connectivity index (χ0v) is 19.4. The summed E-state index contributed by atoms with van der Waals surface area (Å²) in [6.07, 6.45) is 0. The lowest BCUT2D eigenvalue weighted by atomic mass is 10.1. The molecule has 176 valence electrons. The number of primary amides is 1. The molecule has 0 spiro atoms. The molecule has 34 heavy (non-hydrogen) atoms. The van der Waals surface area contributed by atoms with Crippen molar-refractivity contribution in [2.45, 2.75) is 11.4 Å². The van der Waals surface area contributed by atoms with Crippen LogP contribution in [0.2, 0.25) is 0 Å². The lowest BCUT2D eigenvalue weighted by molar-refractivity contribution is 0.100. The maximum absolute atomic E-state index is 12.8. The van der Waals surface area contributed by atoms with Gasteiger partial charge in [0.15, 0.2) is 0 Å². The summed E-state index contributed by atoms with van der Waals surface area (Å²) in [6.45, 7) is 2.59. The number of benzene rings is 3. The number of nitrogens with one attached hydrogen (secondary N) is 1. The van der Waals surface area contributed by atoms with Crippen LogP contribution in [0.1, 0.15) is 26.3 Å². The largest absolute Gasteiger partial charge is 0.366 e. The Morgan fingerprint density at radius 3 is 2.24 bits per heavy atom. The first-order chi connectivity index (χ1) is 16.3. The molecule has 0 saturated carbocycles. The van der Waals surface area contributed by atoms with Gasteiger partial charge in [-0.1, -0.05) is 42.5 Å². The van der Waals surface area contributed by atoms with Gasteiger partial charge in [0.2, 0.25) is 10.0 Å². The fourth-order valence-electron chi connectivity index (χ4n) is 3.94. The van der Waals surface area contributed by atoms with Crippen molar-refractivity contribution in [3.8, 4) is 0 Å². The van der Waals surface area contributed by atoms with Gasteiger partial charge in [-0.25, -0.2) is 8.42 Å². The van der Waals surface area contributed by atoms with Gasteiger partial charge in [0.05, 0.1) is 16.1 Å². The highest BCUT2D eigenvalue weighted by atomic mass is 32.2. The van der Waals surface area contributed by atoms with E-state index in [1.807, 2.05) is 6.07 Å². The molecular formula is C25H26N4O4S. The molecule has 0 atom stereocenters. The molecule has 0 bridgehead atoms. The van der Waals surface area contributed by atoms with E-state index in [-0.39, 0.29) is 11.5 Å². The first-order valence-electron chi connectivity index (χ1n) is 10.9. The molecule has 0 aliphatic carbocycles. The van der Waals surface area contributed by atoms with E-state index in [0.29, 0.717) is 48.9 Å². The fourth-order valence-corrected chi connectivity index (χ4v) is 5.38. The van der Waals surface area contributed by atoms with E-state index in [9.17, 15) is 18.0 Å². The SMILES string of the molecule is NC(=O)c1ccccc1NC(=O)c1cccc(CN2CCN(S(=O)(=O)c3ccccc3)CC2)c1. The summed E-state index contributed by atoms with van der Waals surface area (Å²) in [5.41, 5.74) is 7.40. The predicted molar refractivity (Wildman–Crippen MR) is 130 cm³/mol. The van der Waals surface area contributed by atoms with E-state index >= 15 is 0 Å². The minimum atomic E-state index is -3.49. The number of carbonyl (C=O) groups is 2. The molecule has 4 rings (SSSR count). The molecule has 1 heterocycles. The van der Waals surface area contributed by atoms with Gasteiger partial charge >= 0.3 is 0 Å². The van der Waals surface area contributed by atoms with Crippen LogP contribution in [0.4, 0.5) is 5.69 Å². The van der Waals surface area contributed by atoms with Gasteiger partial charge < -0.3 is 11.1 Å². The standard InChI is InChI=1S/C25H26N4O4S/c26-24(30)22-11-4-5-12-23(22)27-25(31)20-8-6-7-19(17-20)18-28-13-15-29(16-14-28)34(32,33)21-9-2-1-3-10-21/h1-12,17H,13-16,18H2,(H2,26,30)(H,27,31). The van der Waals surface area contributed by atoms with Gasteiger partial charge in [-0.2, -0.15) is 4.31 Å². The number of anilines is 1. The summed E-state index contributed by atoms with van der Waals surface area (Å²) in [7, 11) is -3.49. The maximum atomic E-state index is 12.8. The molecular weight excluding hydrogens is 452 g/mol. The lowest BCUT2D eigenvalue weighted by Crippen LogP contribution is -2.48. The Balaban J connectivity index is 1.38. The van der Waals surface area contributed by atoms with Gasteiger partial charge in [0, 0.05) is 38.3 Å². The van der Waals surface area contributed by atoms with Crippen LogP contribution in [0.15, 0.2) is 83.8 Å². The average molecular weight is 479 g/mol. The third kappa shape index (κ3) is 5.33. The Labute approximate surface area is 199 Å². The Bertz CT molecular complexity index is 1290. The van der Waals surface area contributed by atoms with Crippen LogP contribution in [0.25, 0.3) is 0 Å². The molecule has 3 aromatic rings. The molecule has 2 amide bonds. The van der Waals surface area contributed by atoms with Crippen molar-refractivity contribution < 1.29 is 18.0 Å². The Hall–Kier alpha value is -3.53. The minimum Gasteiger partial charge on any atom is -0.366 e. The van der Waals surface area contributed by atoms with Crippen LogP contribution < -0.4 is 11.1 Å². The zero-order valence-electron chi connectivity index (χ0n) is 18.6. The van der Waals surface area contributed by atoms with Crippen molar-refractivity contribution in [2.75, 3.05) is 31.5 Å². The van der Waals surface area contributed by atoms with Crippen molar-refractivity contribution >= 4 is 27.5 Å². The highest BCUT2D eigenvalue weighted by Gasteiger charge is 2.28. The Kier molecular flexibility index (Phi) is 7.06. The van der Waals surface area contributed by atoms with Crippen molar-refractivity contribution in [1.29, 1.82) is 0 Å². The van der Waals surface area contributed by atoms with Crippen molar-refractivity contribution in [1.82, 2.24) is 9.21 Å². The number of hydrogen-bond acceptors (Lipinski definition) is 5. The number of para-hydroxylation sites is 1. The minimum absolute atomic E-state index is 0.246. The van der Waals surface area contributed by atoms with E-state index < -0.39 is 15.9 Å². The summed E-state index contributed by atoms with van der Waals surface area (Å²) >= 11 is 0. The van der Waals surface area contributed by atoms with Gasteiger partial charge in [-0.3, -0.25) is 14.5 Å². The quantitative estimate of drug-likeness (QED) is 0.542. The predicted octanol–water partition coefficient (Wildman–Crippen LogP) is 2.54. The van der Waals surface area contributed by atoms with E-state index in [0.717, 1.165) is 5.56 Å². The number of nitrogens with two attached hydrogens (primary N) is 1. The second-order valence-corrected chi connectivity index (χ2v) is 10.00. The molecule has 0 unspecified atom stereocenters. The summed E-state index contributed by atoms with van der Waals surface area (Å²) in [6, 6.07) is 22.3. The van der Waals surface area contributed by atoms with E-state index in [2.05, 4.69) is 10.2 Å². The molecule has 0 radical (unpaired) electrons. The van der Waals surface area contributed by atoms with Gasteiger partial charge in [0.25, 0.3) is 11.8 Å². The van der Waals surface area contributed by atoms with Crippen molar-refractivity contribution in [3.63, 3.8) is 0 Å². The number of carbonyl (C=O) groups excluding carboxylic acids is 2. The molecule has 0 aromatic heterocycles. The molecule has 1 aliphatic heterocycles. The summed E-state index contributed by atoms with van der Waals surface area (Å²) < 4.78 is 27.2. The molecule has 3 aromatic carbocycles. The summed E-state index contributed by atoms with van der Waals surface area (Å²) in [5, 5.41) is 2.75. The smallest absolute Gasteiger partial charge is 0.255 e. The highest BCUT2D eigenvalue weighted by molar-refractivity contribution is 7.89. The second kappa shape index (κ2) is 10.2. The fraction of sp³-hybridized carbons (Fsp3) is 0.200. The normalized spacial score (nSPS) is 15.1. The molecule has 1 aliphatic rings. The van der Waals surface area contributed by atoms with Crippen LogP contribution in [-0.2, 0) is 16.6 Å². The number of sulfonamides is 1. The van der Waals surface area contributed by atoms with E-state index in [1.54, 1.807) is 72.8 Å². The second-order valence-electron chi connectivity index (χ2n) is 8.06. The van der Waals surface area contributed by atoms with E-state index in [4.69, 9.17) is 5.73 Å². The van der Waals surface area contributed by atoms with Crippen LogP contribution in [0.3, 0.4) is 0 Å². The van der Waals surface area contributed by atoms with Gasteiger partial charge in [-0.15, -0.1) is 0 Å². The maximum Gasteiger partial charge on any atom is 0.255 e. The lowest BCUT2D eigenvalue weighted by Gasteiger charge is -2.34. The molecule has 1 fully saturated rings. The summed E-state index contributed by atoms with van der Waals surface area (Å²) in [5.74, 6) is -0.951. The average Bonchev–Trinajstić information content (AvgIpc) is 2.85. The van der Waals surface area contributed by atoms with Crippen LogP contribution in [0, 0.1) is 0 Å². The molecule has 9 heteroatoms. The number of nitrogens with zero attached hydrogens (tertiary/aromatic N) is 2. The van der Waals surface area contributed by atoms with E-state index in [1.165, 1.54) is 4.31 Å². The van der Waals surface area contributed by atoms with Crippen molar-refractivity contribution in [3.05, 3.63) is 95.6 Å². The van der Waals surface area contributed by atoms with Crippen molar-refractivity contribution in [2.24, 2.45) is 5.73 Å². The topological polar surface area (TPSA) is 113 Å². The number of amides is 2.